The molecule has 0 aliphatic rings. The van der Waals surface area contributed by atoms with Crippen LogP contribution in [0.4, 0.5) is 0 Å². The number of terminal acetylenes is 1. The van der Waals surface area contributed by atoms with Crippen LogP contribution in [0.3, 0.4) is 0 Å². The Hall–Kier alpha value is -1.88. The van der Waals surface area contributed by atoms with E-state index in [0.717, 1.165) is 21.6 Å². The van der Waals surface area contributed by atoms with Crippen LogP contribution in [0.5, 0.6) is 0 Å². The predicted octanol–water partition coefficient (Wildman–Crippen LogP) is 3.81. The van der Waals surface area contributed by atoms with Gasteiger partial charge in [-0.05, 0) is 35.1 Å². The van der Waals surface area contributed by atoms with Gasteiger partial charge in [-0.25, -0.2) is 0 Å². The highest BCUT2D eigenvalue weighted by Gasteiger charge is 2.16. The molecular weight excluding hydrogens is 360 g/mol. The normalized spacial score (nSPS) is 12.8. The smallest absolute Gasteiger partial charge is 0.294 e. The first-order valence-electron chi connectivity index (χ1n) is 7.33. The summed E-state index contributed by atoms with van der Waals surface area (Å²) in [6.07, 6.45) is 5.46. The zero-order valence-corrected chi connectivity index (χ0v) is 15.7. The SMILES string of the molecule is C#CCn1c(=NS(=O)(=O)c2cccs2)sc2cc(C(C)C)ccc21. The average molecular weight is 377 g/mol. The summed E-state index contributed by atoms with van der Waals surface area (Å²) in [5.41, 5.74) is 2.10. The Kier molecular flexibility index (Phi) is 4.63. The molecule has 2 heterocycles. The van der Waals surface area contributed by atoms with Crippen molar-refractivity contribution in [2.75, 3.05) is 0 Å². The summed E-state index contributed by atoms with van der Waals surface area (Å²) in [4.78, 5) is 0.400. The van der Waals surface area contributed by atoms with Crippen LogP contribution in [0.25, 0.3) is 10.2 Å². The van der Waals surface area contributed by atoms with E-state index in [2.05, 4.69) is 30.2 Å². The number of thiophene rings is 1. The fourth-order valence-corrected chi connectivity index (χ4v) is 5.57. The summed E-state index contributed by atoms with van der Waals surface area (Å²) in [7, 11) is -3.72. The lowest BCUT2D eigenvalue weighted by Crippen LogP contribution is -2.16. The highest BCUT2D eigenvalue weighted by atomic mass is 32.2. The molecule has 3 aromatic rings. The summed E-state index contributed by atoms with van der Waals surface area (Å²) in [6, 6.07) is 9.36. The van der Waals surface area contributed by atoms with E-state index in [4.69, 9.17) is 6.42 Å². The molecule has 0 unspecified atom stereocenters. The number of aromatic nitrogens is 1. The summed E-state index contributed by atoms with van der Waals surface area (Å²) >= 11 is 2.50. The monoisotopic (exact) mass is 376 g/mol. The van der Waals surface area contributed by atoms with Crippen LogP contribution in [0, 0.1) is 12.3 Å². The molecule has 0 fully saturated rings. The summed E-state index contributed by atoms with van der Waals surface area (Å²) in [6.45, 7) is 4.52. The quantitative estimate of drug-likeness (QED) is 0.650. The van der Waals surface area contributed by atoms with Crippen molar-refractivity contribution in [2.45, 2.75) is 30.5 Å². The standard InChI is InChI=1S/C17H16N2O2S3/c1-4-9-19-14-8-7-13(12(2)3)11-15(14)23-17(19)18-24(20,21)16-6-5-10-22-16/h1,5-8,10-12H,9H2,2-3H3. The molecule has 124 valence electrons. The van der Waals surface area contributed by atoms with Gasteiger partial charge in [0, 0.05) is 0 Å². The lowest BCUT2D eigenvalue weighted by molar-refractivity contribution is 0.598. The molecule has 0 bridgehead atoms. The largest absolute Gasteiger partial charge is 0.304 e. The van der Waals surface area contributed by atoms with Crippen molar-refractivity contribution in [3.8, 4) is 12.3 Å². The van der Waals surface area contributed by atoms with Gasteiger partial charge in [-0.1, -0.05) is 43.2 Å². The molecule has 0 saturated heterocycles. The summed E-state index contributed by atoms with van der Waals surface area (Å²) in [5, 5.41) is 1.72. The van der Waals surface area contributed by atoms with Gasteiger partial charge in [0.2, 0.25) is 4.80 Å². The number of hydrogen-bond acceptors (Lipinski definition) is 4. The zero-order valence-electron chi connectivity index (χ0n) is 13.3. The Morgan fingerprint density at radius 1 is 1.33 bits per heavy atom. The molecule has 24 heavy (non-hydrogen) atoms. The number of fused-ring (bicyclic) bond motifs is 1. The third kappa shape index (κ3) is 3.18. The fraction of sp³-hybridized carbons (Fsp3) is 0.235. The van der Waals surface area contributed by atoms with Gasteiger partial charge in [0.15, 0.2) is 0 Å². The van der Waals surface area contributed by atoms with Crippen LogP contribution in [0.1, 0.15) is 25.3 Å². The lowest BCUT2D eigenvalue weighted by Gasteiger charge is -2.05. The third-order valence-corrected chi connectivity index (χ3v) is 7.37. The van der Waals surface area contributed by atoms with Crippen molar-refractivity contribution in [3.05, 3.63) is 46.1 Å². The first-order valence-corrected chi connectivity index (χ1v) is 10.5. The molecule has 0 aliphatic carbocycles. The zero-order chi connectivity index (χ0) is 17.3. The number of nitrogens with zero attached hydrogens (tertiary/aromatic N) is 2. The Morgan fingerprint density at radius 2 is 2.12 bits per heavy atom. The molecule has 0 radical (unpaired) electrons. The minimum atomic E-state index is -3.72. The first-order chi connectivity index (χ1) is 11.4. The predicted molar refractivity (Wildman–Crippen MR) is 99.8 cm³/mol. The molecule has 0 spiro atoms. The average Bonchev–Trinajstić information content (AvgIpc) is 3.16. The Bertz CT molecular complexity index is 1080. The van der Waals surface area contributed by atoms with Crippen LogP contribution < -0.4 is 4.80 Å². The molecular formula is C17H16N2O2S3. The van der Waals surface area contributed by atoms with E-state index in [1.807, 2.05) is 12.1 Å². The molecule has 0 aliphatic heterocycles. The highest BCUT2D eigenvalue weighted by Crippen LogP contribution is 2.24. The van der Waals surface area contributed by atoms with E-state index >= 15 is 0 Å². The number of thiazole rings is 1. The highest BCUT2D eigenvalue weighted by molar-refractivity contribution is 7.92. The molecule has 0 N–H and O–H groups in total. The van der Waals surface area contributed by atoms with Crippen LogP contribution in [0.2, 0.25) is 0 Å². The van der Waals surface area contributed by atoms with Crippen molar-refractivity contribution in [1.82, 2.24) is 4.57 Å². The number of rotatable bonds is 4. The molecule has 0 saturated carbocycles. The molecule has 7 heteroatoms. The third-order valence-electron chi connectivity index (χ3n) is 3.57. The maximum atomic E-state index is 12.5. The molecule has 2 aromatic heterocycles. The van der Waals surface area contributed by atoms with Crippen molar-refractivity contribution < 1.29 is 8.42 Å². The molecule has 3 rings (SSSR count). The van der Waals surface area contributed by atoms with Gasteiger partial charge in [-0.3, -0.25) is 0 Å². The maximum Gasteiger partial charge on any atom is 0.294 e. The van der Waals surface area contributed by atoms with Gasteiger partial charge in [-0.15, -0.1) is 22.2 Å². The molecule has 0 atom stereocenters. The van der Waals surface area contributed by atoms with Crippen molar-refractivity contribution in [1.29, 1.82) is 0 Å². The molecule has 4 nitrogen and oxygen atoms in total. The summed E-state index contributed by atoms with van der Waals surface area (Å²) in [5.74, 6) is 2.97. The number of hydrogen-bond donors (Lipinski definition) is 0. The van der Waals surface area contributed by atoms with E-state index < -0.39 is 10.0 Å². The minimum Gasteiger partial charge on any atom is -0.304 e. The number of sulfonamides is 1. The van der Waals surface area contributed by atoms with E-state index in [-0.39, 0.29) is 10.8 Å². The van der Waals surface area contributed by atoms with E-state index in [1.165, 1.54) is 16.9 Å². The topological polar surface area (TPSA) is 51.4 Å². The second-order valence-electron chi connectivity index (χ2n) is 5.56. The van der Waals surface area contributed by atoms with Gasteiger partial charge in [0.25, 0.3) is 10.0 Å². The van der Waals surface area contributed by atoms with E-state index in [0.29, 0.717) is 10.7 Å². The maximum absolute atomic E-state index is 12.5. The Labute approximate surface area is 149 Å². The second-order valence-corrected chi connectivity index (χ2v) is 9.34. The van der Waals surface area contributed by atoms with Crippen molar-refractivity contribution in [3.63, 3.8) is 0 Å². The van der Waals surface area contributed by atoms with Crippen LogP contribution >= 0.6 is 22.7 Å². The van der Waals surface area contributed by atoms with Crippen LogP contribution in [0.15, 0.2) is 44.3 Å². The molecule has 1 aromatic carbocycles. The van der Waals surface area contributed by atoms with Gasteiger partial charge in [-0.2, -0.15) is 8.42 Å². The second kappa shape index (κ2) is 6.55. The first kappa shape index (κ1) is 17.0. The van der Waals surface area contributed by atoms with Crippen LogP contribution in [-0.2, 0) is 16.6 Å². The van der Waals surface area contributed by atoms with Gasteiger partial charge in [0.05, 0.1) is 16.8 Å². The lowest BCUT2D eigenvalue weighted by atomic mass is 10.0. The van der Waals surface area contributed by atoms with E-state index in [9.17, 15) is 8.42 Å². The van der Waals surface area contributed by atoms with Gasteiger partial charge in [0.1, 0.15) is 4.21 Å². The van der Waals surface area contributed by atoms with Gasteiger partial charge >= 0.3 is 0 Å². The Morgan fingerprint density at radius 3 is 2.75 bits per heavy atom. The number of benzene rings is 1. The minimum absolute atomic E-state index is 0.232. The fourth-order valence-electron chi connectivity index (χ4n) is 2.32. The summed E-state index contributed by atoms with van der Waals surface area (Å²) < 4.78 is 31.9. The Balaban J connectivity index is 2.25. The van der Waals surface area contributed by atoms with Crippen molar-refractivity contribution in [2.24, 2.45) is 4.40 Å². The van der Waals surface area contributed by atoms with Crippen LogP contribution in [-0.4, -0.2) is 13.0 Å². The van der Waals surface area contributed by atoms with Crippen molar-refractivity contribution >= 4 is 42.9 Å². The molecule has 0 amide bonds. The van der Waals surface area contributed by atoms with E-state index in [1.54, 1.807) is 22.1 Å². The van der Waals surface area contributed by atoms with Gasteiger partial charge < -0.3 is 4.57 Å².